The number of ether oxygens (including phenoxy) is 2. The normalized spacial score (nSPS) is 15.4. The molecular weight excluding hydrogens is 264 g/mol. The van der Waals surface area contributed by atoms with Crippen molar-refractivity contribution in [3.8, 4) is 11.5 Å². The Hall–Kier alpha value is -2.13. The quantitative estimate of drug-likeness (QED) is 0.721. The molecule has 1 fully saturated rings. The van der Waals surface area contributed by atoms with Crippen LogP contribution in [0.4, 0.5) is 0 Å². The van der Waals surface area contributed by atoms with Gasteiger partial charge in [0.25, 0.3) is 0 Å². The van der Waals surface area contributed by atoms with Gasteiger partial charge in [0.2, 0.25) is 0 Å². The van der Waals surface area contributed by atoms with Crippen molar-refractivity contribution in [2.75, 3.05) is 0 Å². The van der Waals surface area contributed by atoms with Gasteiger partial charge < -0.3 is 14.3 Å². The maximum absolute atomic E-state index is 11.0. The molecule has 0 bridgehead atoms. The van der Waals surface area contributed by atoms with Crippen molar-refractivity contribution in [2.24, 2.45) is 5.92 Å². The highest BCUT2D eigenvalue weighted by atomic mass is 16.5. The van der Waals surface area contributed by atoms with Crippen LogP contribution in [0.3, 0.4) is 0 Å². The minimum absolute atomic E-state index is 0.260. The molecule has 2 aromatic carbocycles. The third kappa shape index (κ3) is 3.92. The van der Waals surface area contributed by atoms with Crippen LogP contribution in [0.2, 0.25) is 0 Å². The lowest BCUT2D eigenvalue weighted by molar-refractivity contribution is -0.120. The summed E-state index contributed by atoms with van der Waals surface area (Å²) in [4.78, 5) is 11.0. The number of carbonyl (C=O) groups is 1. The van der Waals surface area contributed by atoms with Gasteiger partial charge in [-0.25, -0.2) is 0 Å². The Morgan fingerprint density at radius 2 is 1.81 bits per heavy atom. The Morgan fingerprint density at radius 1 is 1.05 bits per heavy atom. The van der Waals surface area contributed by atoms with Crippen LogP contribution < -0.4 is 4.74 Å². The molecule has 1 aliphatic carbocycles. The highest BCUT2D eigenvalue weighted by molar-refractivity contribution is 5.57. The van der Waals surface area contributed by atoms with Crippen LogP contribution in [0.15, 0.2) is 54.6 Å². The number of para-hydroxylation sites is 1. The molecule has 108 valence electrons. The van der Waals surface area contributed by atoms with E-state index in [2.05, 4.69) is 0 Å². The molecule has 3 rings (SSSR count). The zero-order chi connectivity index (χ0) is 14.5. The zero-order valence-corrected chi connectivity index (χ0v) is 11.8. The van der Waals surface area contributed by atoms with Crippen LogP contribution in [0, 0.1) is 5.92 Å². The van der Waals surface area contributed by atoms with E-state index >= 15 is 0 Å². The number of benzene rings is 2. The number of hydrogen-bond acceptors (Lipinski definition) is 3. The van der Waals surface area contributed by atoms with E-state index in [4.69, 9.17) is 9.47 Å². The number of carbonyl (C=O) groups excluding carboxylic acids is 1. The second-order valence-corrected chi connectivity index (χ2v) is 5.31. The molecule has 1 saturated carbocycles. The monoisotopic (exact) mass is 282 g/mol. The summed E-state index contributed by atoms with van der Waals surface area (Å²) in [7, 11) is 0. The average Bonchev–Trinajstić information content (AvgIpc) is 3.34. The molecule has 2 aromatic rings. The van der Waals surface area contributed by atoms with E-state index in [1.807, 2.05) is 54.6 Å². The van der Waals surface area contributed by atoms with Crippen LogP contribution in [0.1, 0.15) is 18.4 Å². The molecule has 0 spiro atoms. The van der Waals surface area contributed by atoms with Gasteiger partial charge in [0.05, 0.1) is 6.61 Å². The van der Waals surface area contributed by atoms with E-state index < -0.39 is 0 Å². The largest absolute Gasteiger partial charge is 0.457 e. The summed E-state index contributed by atoms with van der Waals surface area (Å²) in [6.45, 7) is 0.436. The average molecular weight is 282 g/mol. The Morgan fingerprint density at radius 3 is 2.52 bits per heavy atom. The predicted molar refractivity (Wildman–Crippen MR) is 80.3 cm³/mol. The minimum atomic E-state index is -0.260. The molecule has 1 atom stereocenters. The standard InChI is InChI=1S/C18H18O3/c19-12-18(15-9-10-15)20-13-14-5-4-8-17(11-14)21-16-6-2-1-3-7-16/h1-8,11-12,15,18H,9-10,13H2. The van der Waals surface area contributed by atoms with Gasteiger partial charge in [0.15, 0.2) is 0 Å². The smallest absolute Gasteiger partial charge is 0.149 e. The van der Waals surface area contributed by atoms with Crippen molar-refractivity contribution in [1.82, 2.24) is 0 Å². The van der Waals surface area contributed by atoms with Crippen LogP contribution >= 0.6 is 0 Å². The second-order valence-electron chi connectivity index (χ2n) is 5.31. The summed E-state index contributed by atoms with van der Waals surface area (Å²) in [6.07, 6.45) is 2.85. The summed E-state index contributed by atoms with van der Waals surface area (Å²) < 4.78 is 11.5. The van der Waals surface area contributed by atoms with Crippen molar-refractivity contribution in [2.45, 2.75) is 25.6 Å². The molecule has 21 heavy (non-hydrogen) atoms. The fraction of sp³-hybridized carbons (Fsp3) is 0.278. The molecule has 0 N–H and O–H groups in total. The lowest BCUT2D eigenvalue weighted by Crippen LogP contribution is -2.16. The predicted octanol–water partition coefficient (Wildman–Crippen LogP) is 3.97. The summed E-state index contributed by atoms with van der Waals surface area (Å²) in [6, 6.07) is 17.4. The van der Waals surface area contributed by atoms with Gasteiger partial charge in [-0.2, -0.15) is 0 Å². The van der Waals surface area contributed by atoms with Gasteiger partial charge in [-0.1, -0.05) is 30.3 Å². The van der Waals surface area contributed by atoms with Crippen molar-refractivity contribution in [3.63, 3.8) is 0 Å². The lowest BCUT2D eigenvalue weighted by Gasteiger charge is -2.12. The maximum atomic E-state index is 11.0. The molecule has 0 radical (unpaired) electrons. The Kier molecular flexibility index (Phi) is 4.31. The first kappa shape index (κ1) is 13.8. The van der Waals surface area contributed by atoms with Gasteiger partial charge in [-0.15, -0.1) is 0 Å². The number of aldehydes is 1. The molecule has 3 nitrogen and oxygen atoms in total. The van der Waals surface area contributed by atoms with E-state index in [1.165, 1.54) is 0 Å². The first-order valence-corrected chi connectivity index (χ1v) is 7.24. The highest BCUT2D eigenvalue weighted by Gasteiger charge is 2.31. The van der Waals surface area contributed by atoms with E-state index in [0.29, 0.717) is 12.5 Å². The lowest BCUT2D eigenvalue weighted by atomic mass is 10.2. The summed E-state index contributed by atoms with van der Waals surface area (Å²) in [5.74, 6) is 2.00. The summed E-state index contributed by atoms with van der Waals surface area (Å²) in [5, 5.41) is 0. The fourth-order valence-corrected chi connectivity index (χ4v) is 2.23. The van der Waals surface area contributed by atoms with Crippen LogP contribution in [-0.2, 0) is 16.1 Å². The first-order chi connectivity index (χ1) is 10.3. The van der Waals surface area contributed by atoms with Gasteiger partial charge in [0.1, 0.15) is 23.9 Å². The van der Waals surface area contributed by atoms with E-state index in [-0.39, 0.29) is 6.10 Å². The number of rotatable bonds is 7. The molecular formula is C18H18O3. The van der Waals surface area contributed by atoms with Gasteiger partial charge in [-0.05, 0) is 48.6 Å². The zero-order valence-electron chi connectivity index (χ0n) is 11.8. The third-order valence-electron chi connectivity index (χ3n) is 3.54. The first-order valence-electron chi connectivity index (χ1n) is 7.24. The van der Waals surface area contributed by atoms with E-state index in [9.17, 15) is 4.79 Å². The Bertz CT molecular complexity index is 590. The SMILES string of the molecule is O=CC(OCc1cccc(Oc2ccccc2)c1)C1CC1. The molecule has 0 aliphatic heterocycles. The van der Waals surface area contributed by atoms with E-state index in [1.54, 1.807) is 0 Å². The molecule has 0 amide bonds. The Balaban J connectivity index is 1.61. The second kappa shape index (κ2) is 6.55. The molecule has 0 heterocycles. The molecule has 3 heteroatoms. The molecule has 0 saturated heterocycles. The highest BCUT2D eigenvalue weighted by Crippen LogP contribution is 2.34. The van der Waals surface area contributed by atoms with Crippen molar-refractivity contribution in [1.29, 1.82) is 0 Å². The van der Waals surface area contributed by atoms with Gasteiger partial charge in [-0.3, -0.25) is 0 Å². The van der Waals surface area contributed by atoms with Crippen molar-refractivity contribution < 1.29 is 14.3 Å². The topological polar surface area (TPSA) is 35.5 Å². The van der Waals surface area contributed by atoms with Crippen molar-refractivity contribution in [3.05, 3.63) is 60.2 Å². The third-order valence-corrected chi connectivity index (χ3v) is 3.54. The van der Waals surface area contributed by atoms with Gasteiger partial charge >= 0.3 is 0 Å². The molecule has 1 unspecified atom stereocenters. The van der Waals surface area contributed by atoms with Gasteiger partial charge in [0, 0.05) is 0 Å². The summed E-state index contributed by atoms with van der Waals surface area (Å²) >= 11 is 0. The summed E-state index contributed by atoms with van der Waals surface area (Å²) in [5.41, 5.74) is 1.01. The number of hydrogen-bond donors (Lipinski definition) is 0. The fourth-order valence-electron chi connectivity index (χ4n) is 2.23. The molecule has 1 aliphatic rings. The minimum Gasteiger partial charge on any atom is -0.457 e. The Labute approximate surface area is 124 Å². The van der Waals surface area contributed by atoms with Crippen LogP contribution in [0.25, 0.3) is 0 Å². The molecule has 0 aromatic heterocycles. The van der Waals surface area contributed by atoms with Crippen molar-refractivity contribution >= 4 is 6.29 Å². The van der Waals surface area contributed by atoms with E-state index in [0.717, 1.165) is 36.2 Å². The van der Waals surface area contributed by atoms with Crippen LogP contribution in [-0.4, -0.2) is 12.4 Å². The van der Waals surface area contributed by atoms with Crippen LogP contribution in [0.5, 0.6) is 11.5 Å². The maximum Gasteiger partial charge on any atom is 0.149 e.